The SMILES string of the molecule is C[C@H](N=C(Nc1ccccc1)NC(C)(C)C)c1ccccc1. The van der Waals surface area contributed by atoms with E-state index < -0.39 is 0 Å². The van der Waals surface area contributed by atoms with Crippen LogP contribution in [-0.2, 0) is 0 Å². The highest BCUT2D eigenvalue weighted by Crippen LogP contribution is 2.17. The normalized spacial score (nSPS) is 13.5. The Morgan fingerprint density at radius 1 is 0.909 bits per heavy atom. The van der Waals surface area contributed by atoms with Gasteiger partial charge in [0.15, 0.2) is 5.96 Å². The number of para-hydroxylation sites is 1. The molecule has 0 saturated heterocycles. The van der Waals surface area contributed by atoms with Gasteiger partial charge in [0.25, 0.3) is 0 Å². The number of nitrogens with one attached hydrogen (secondary N) is 2. The van der Waals surface area contributed by atoms with Gasteiger partial charge in [-0.25, -0.2) is 4.99 Å². The molecule has 0 unspecified atom stereocenters. The van der Waals surface area contributed by atoms with Crippen LogP contribution in [0.4, 0.5) is 5.69 Å². The van der Waals surface area contributed by atoms with Crippen molar-refractivity contribution in [3.8, 4) is 0 Å². The molecule has 3 heteroatoms. The van der Waals surface area contributed by atoms with Gasteiger partial charge in [-0.15, -0.1) is 0 Å². The lowest BCUT2D eigenvalue weighted by molar-refractivity contribution is 0.508. The van der Waals surface area contributed by atoms with E-state index in [2.05, 4.69) is 50.5 Å². The summed E-state index contributed by atoms with van der Waals surface area (Å²) in [5.74, 6) is 0.787. The summed E-state index contributed by atoms with van der Waals surface area (Å²) >= 11 is 0. The van der Waals surface area contributed by atoms with Gasteiger partial charge in [0.2, 0.25) is 0 Å². The minimum absolute atomic E-state index is 0.0585. The molecule has 0 spiro atoms. The van der Waals surface area contributed by atoms with Crippen molar-refractivity contribution in [1.29, 1.82) is 0 Å². The summed E-state index contributed by atoms with van der Waals surface area (Å²) in [5.41, 5.74) is 2.17. The molecule has 0 aliphatic carbocycles. The average molecular weight is 295 g/mol. The zero-order valence-corrected chi connectivity index (χ0v) is 13.8. The van der Waals surface area contributed by atoms with E-state index >= 15 is 0 Å². The smallest absolute Gasteiger partial charge is 0.196 e. The van der Waals surface area contributed by atoms with Crippen molar-refractivity contribution in [1.82, 2.24) is 5.32 Å². The van der Waals surface area contributed by atoms with Crippen molar-refractivity contribution in [2.24, 2.45) is 4.99 Å². The van der Waals surface area contributed by atoms with E-state index in [0.29, 0.717) is 0 Å². The molecular formula is C19H25N3. The molecule has 0 aliphatic heterocycles. The Morgan fingerprint density at radius 3 is 2.00 bits per heavy atom. The predicted octanol–water partition coefficient (Wildman–Crippen LogP) is 4.60. The van der Waals surface area contributed by atoms with Crippen molar-refractivity contribution in [3.05, 3.63) is 66.2 Å². The minimum Gasteiger partial charge on any atom is -0.352 e. The lowest BCUT2D eigenvalue weighted by Gasteiger charge is -2.25. The predicted molar refractivity (Wildman–Crippen MR) is 95.2 cm³/mol. The maximum Gasteiger partial charge on any atom is 0.196 e. The highest BCUT2D eigenvalue weighted by molar-refractivity contribution is 5.94. The third kappa shape index (κ3) is 5.24. The number of aliphatic imine (C=N–C) groups is 1. The van der Waals surface area contributed by atoms with Gasteiger partial charge in [-0.05, 0) is 45.4 Å². The quantitative estimate of drug-likeness (QED) is 0.641. The Bertz CT molecular complexity index is 598. The maximum atomic E-state index is 4.82. The molecule has 0 aliphatic rings. The molecular weight excluding hydrogens is 270 g/mol. The molecule has 2 aromatic carbocycles. The number of rotatable bonds is 3. The van der Waals surface area contributed by atoms with E-state index in [4.69, 9.17) is 4.99 Å². The molecule has 2 aromatic rings. The zero-order chi connectivity index (χ0) is 16.0. The minimum atomic E-state index is -0.0585. The van der Waals surface area contributed by atoms with E-state index in [-0.39, 0.29) is 11.6 Å². The largest absolute Gasteiger partial charge is 0.352 e. The van der Waals surface area contributed by atoms with E-state index in [0.717, 1.165) is 11.6 Å². The zero-order valence-electron chi connectivity index (χ0n) is 13.8. The van der Waals surface area contributed by atoms with Gasteiger partial charge in [-0.2, -0.15) is 0 Å². The summed E-state index contributed by atoms with van der Waals surface area (Å²) in [6.45, 7) is 8.49. The van der Waals surface area contributed by atoms with Crippen molar-refractivity contribution in [2.75, 3.05) is 5.32 Å². The van der Waals surface area contributed by atoms with Crippen LogP contribution in [0, 0.1) is 0 Å². The van der Waals surface area contributed by atoms with E-state index in [1.165, 1.54) is 5.56 Å². The first-order valence-electron chi connectivity index (χ1n) is 7.67. The van der Waals surface area contributed by atoms with Gasteiger partial charge in [0.1, 0.15) is 0 Å². The molecule has 0 amide bonds. The summed E-state index contributed by atoms with van der Waals surface area (Å²) in [5, 5.41) is 6.82. The number of nitrogens with zero attached hydrogens (tertiary/aromatic N) is 1. The van der Waals surface area contributed by atoms with Crippen LogP contribution in [0.2, 0.25) is 0 Å². The molecule has 2 N–H and O–H groups in total. The number of hydrogen-bond acceptors (Lipinski definition) is 1. The van der Waals surface area contributed by atoms with Gasteiger partial charge in [0.05, 0.1) is 6.04 Å². The molecule has 0 saturated carbocycles. The Labute approximate surface area is 133 Å². The van der Waals surface area contributed by atoms with Crippen molar-refractivity contribution < 1.29 is 0 Å². The van der Waals surface area contributed by atoms with Gasteiger partial charge >= 0.3 is 0 Å². The van der Waals surface area contributed by atoms with Crippen LogP contribution in [0.25, 0.3) is 0 Å². The van der Waals surface area contributed by atoms with E-state index in [1.54, 1.807) is 0 Å². The van der Waals surface area contributed by atoms with Crippen molar-refractivity contribution in [3.63, 3.8) is 0 Å². The number of hydrogen-bond donors (Lipinski definition) is 2. The van der Waals surface area contributed by atoms with Crippen LogP contribution in [0.15, 0.2) is 65.7 Å². The Balaban J connectivity index is 2.21. The van der Waals surface area contributed by atoms with Crippen LogP contribution in [0.1, 0.15) is 39.3 Å². The molecule has 1 atom stereocenters. The molecule has 0 radical (unpaired) electrons. The second kappa shape index (κ2) is 7.12. The molecule has 0 aromatic heterocycles. The first-order chi connectivity index (χ1) is 10.4. The molecule has 0 fully saturated rings. The summed E-state index contributed by atoms with van der Waals surface area (Å²) in [7, 11) is 0. The van der Waals surface area contributed by atoms with Crippen LogP contribution in [0.3, 0.4) is 0 Å². The fourth-order valence-corrected chi connectivity index (χ4v) is 2.11. The standard InChI is InChI=1S/C19H25N3/c1-15(16-11-7-5-8-12-16)20-18(22-19(2,3)4)21-17-13-9-6-10-14-17/h5-15H,1-4H3,(H2,20,21,22)/t15-/m0/s1. The summed E-state index contributed by atoms with van der Waals surface area (Å²) in [6, 6.07) is 20.5. The second-order valence-electron chi connectivity index (χ2n) is 6.43. The van der Waals surface area contributed by atoms with E-state index in [9.17, 15) is 0 Å². The number of anilines is 1. The highest BCUT2D eigenvalue weighted by Gasteiger charge is 2.14. The lowest BCUT2D eigenvalue weighted by Crippen LogP contribution is -2.44. The Kier molecular flexibility index (Phi) is 5.21. The molecule has 2 rings (SSSR count). The Hall–Kier alpha value is -2.29. The summed E-state index contributed by atoms with van der Waals surface area (Å²) < 4.78 is 0. The lowest BCUT2D eigenvalue weighted by atomic mass is 10.1. The fourth-order valence-electron chi connectivity index (χ4n) is 2.11. The van der Waals surface area contributed by atoms with Gasteiger partial charge in [-0.1, -0.05) is 48.5 Å². The van der Waals surface area contributed by atoms with Crippen LogP contribution >= 0.6 is 0 Å². The van der Waals surface area contributed by atoms with Gasteiger partial charge in [-0.3, -0.25) is 0 Å². The van der Waals surface area contributed by atoms with Crippen LogP contribution < -0.4 is 10.6 Å². The monoisotopic (exact) mass is 295 g/mol. The van der Waals surface area contributed by atoms with Gasteiger partial charge in [0, 0.05) is 11.2 Å². The fraction of sp³-hybridized carbons (Fsp3) is 0.316. The molecule has 22 heavy (non-hydrogen) atoms. The number of guanidine groups is 1. The van der Waals surface area contributed by atoms with Gasteiger partial charge < -0.3 is 10.6 Å². The topological polar surface area (TPSA) is 36.4 Å². The first-order valence-corrected chi connectivity index (χ1v) is 7.67. The molecule has 116 valence electrons. The molecule has 0 heterocycles. The van der Waals surface area contributed by atoms with Crippen LogP contribution in [-0.4, -0.2) is 11.5 Å². The second-order valence-corrected chi connectivity index (χ2v) is 6.43. The van der Waals surface area contributed by atoms with Crippen LogP contribution in [0.5, 0.6) is 0 Å². The summed E-state index contributed by atoms with van der Waals surface area (Å²) in [4.78, 5) is 4.82. The van der Waals surface area contributed by atoms with E-state index in [1.807, 2.05) is 48.5 Å². The summed E-state index contributed by atoms with van der Waals surface area (Å²) in [6.07, 6.45) is 0. The van der Waals surface area contributed by atoms with Crippen molar-refractivity contribution >= 4 is 11.6 Å². The maximum absolute atomic E-state index is 4.82. The number of benzene rings is 2. The Morgan fingerprint density at radius 2 is 1.45 bits per heavy atom. The van der Waals surface area contributed by atoms with Crippen molar-refractivity contribution in [2.45, 2.75) is 39.3 Å². The first kappa shape index (κ1) is 16.1. The molecule has 0 bridgehead atoms. The molecule has 3 nitrogen and oxygen atoms in total. The average Bonchev–Trinajstić information content (AvgIpc) is 2.47. The third-order valence-corrected chi connectivity index (χ3v) is 3.13. The third-order valence-electron chi connectivity index (χ3n) is 3.13. The highest BCUT2D eigenvalue weighted by atomic mass is 15.2.